The summed E-state index contributed by atoms with van der Waals surface area (Å²) in [5.74, 6) is -0.205. The lowest BCUT2D eigenvalue weighted by molar-refractivity contribution is 0.0990. The maximum Gasteiger partial charge on any atom is 0.294 e. The second-order valence-corrected chi connectivity index (χ2v) is 6.96. The highest BCUT2D eigenvalue weighted by Gasteiger charge is 2.17. The van der Waals surface area contributed by atoms with Gasteiger partial charge in [0.05, 0.1) is 16.5 Å². The van der Waals surface area contributed by atoms with Crippen LogP contribution in [0.15, 0.2) is 76.0 Å². The molecule has 2 aromatic heterocycles. The zero-order chi connectivity index (χ0) is 20.7. The maximum atomic E-state index is 12.7. The third-order valence-electron chi connectivity index (χ3n) is 5.03. The van der Waals surface area contributed by atoms with Gasteiger partial charge in [-0.2, -0.15) is 5.10 Å². The number of rotatable bonds is 3. The van der Waals surface area contributed by atoms with Gasteiger partial charge in [0, 0.05) is 16.6 Å². The first-order valence-corrected chi connectivity index (χ1v) is 9.36. The van der Waals surface area contributed by atoms with Crippen molar-refractivity contribution in [3.8, 4) is 11.3 Å². The molecule has 30 heavy (non-hydrogen) atoms. The second kappa shape index (κ2) is 6.97. The number of hydrogen-bond acceptors (Lipinski definition) is 5. The number of aromatic nitrogens is 3. The highest BCUT2D eigenvalue weighted by atomic mass is 16.5. The summed E-state index contributed by atoms with van der Waals surface area (Å²) < 4.78 is 5.23. The van der Waals surface area contributed by atoms with Crippen molar-refractivity contribution in [1.82, 2.24) is 15.4 Å². The van der Waals surface area contributed by atoms with E-state index in [0.717, 1.165) is 16.5 Å². The Labute approximate surface area is 170 Å². The molecule has 2 heterocycles. The Kier molecular flexibility index (Phi) is 4.14. The summed E-state index contributed by atoms with van der Waals surface area (Å²) in [5, 5.41) is 15.6. The van der Waals surface area contributed by atoms with Gasteiger partial charge >= 0.3 is 0 Å². The van der Waals surface area contributed by atoms with Crippen LogP contribution in [-0.4, -0.2) is 21.3 Å². The molecule has 5 aromatic rings. The van der Waals surface area contributed by atoms with Crippen molar-refractivity contribution in [2.75, 3.05) is 5.32 Å². The van der Waals surface area contributed by atoms with E-state index in [9.17, 15) is 9.59 Å². The summed E-state index contributed by atoms with van der Waals surface area (Å²) in [6, 6.07) is 20.1. The van der Waals surface area contributed by atoms with Crippen LogP contribution in [0.4, 0.5) is 5.69 Å². The fourth-order valence-corrected chi connectivity index (χ4v) is 3.57. The first-order chi connectivity index (χ1) is 14.6. The number of aryl methyl sites for hydroxylation is 1. The molecule has 0 fully saturated rings. The van der Waals surface area contributed by atoms with Crippen LogP contribution in [0.25, 0.3) is 32.9 Å². The summed E-state index contributed by atoms with van der Waals surface area (Å²) in [6.07, 6.45) is 0. The van der Waals surface area contributed by atoms with Crippen molar-refractivity contribution in [2.24, 2.45) is 0 Å². The van der Waals surface area contributed by atoms with Crippen LogP contribution in [0.5, 0.6) is 0 Å². The molecule has 0 atom stereocenters. The van der Waals surface area contributed by atoms with Crippen molar-refractivity contribution >= 4 is 33.3 Å². The van der Waals surface area contributed by atoms with E-state index in [1.54, 1.807) is 24.3 Å². The monoisotopic (exact) mass is 396 g/mol. The molecule has 0 saturated heterocycles. The standard InChI is InChI=1S/C23H16N4O3/c1-13-12-14(24-23(29)21-18-8-4-5-9-19(18)27-30-21)10-11-15(13)20-16-6-2-3-7-17(16)22(28)26-25-20/h2-12H,1H3,(H,24,29)(H,26,28). The number of carbonyl (C=O) groups is 1. The smallest absolute Gasteiger partial charge is 0.294 e. The van der Waals surface area contributed by atoms with E-state index in [0.29, 0.717) is 27.7 Å². The van der Waals surface area contributed by atoms with Crippen LogP contribution in [-0.2, 0) is 0 Å². The van der Waals surface area contributed by atoms with E-state index in [-0.39, 0.29) is 17.2 Å². The molecule has 7 nitrogen and oxygen atoms in total. The Morgan fingerprint density at radius 2 is 1.70 bits per heavy atom. The molecule has 0 aliphatic carbocycles. The minimum Gasteiger partial charge on any atom is -0.350 e. The fourth-order valence-electron chi connectivity index (χ4n) is 3.57. The topological polar surface area (TPSA) is 101 Å². The Balaban J connectivity index is 1.49. The molecule has 0 unspecified atom stereocenters. The summed E-state index contributed by atoms with van der Waals surface area (Å²) in [5.41, 5.74) is 3.48. The van der Waals surface area contributed by atoms with E-state index < -0.39 is 0 Å². The van der Waals surface area contributed by atoms with Crippen molar-refractivity contribution in [3.05, 3.63) is 88.4 Å². The Bertz CT molecular complexity index is 1480. The van der Waals surface area contributed by atoms with E-state index in [2.05, 4.69) is 20.7 Å². The van der Waals surface area contributed by atoms with Gasteiger partial charge in [-0.3, -0.25) is 9.59 Å². The number of anilines is 1. The Morgan fingerprint density at radius 3 is 2.50 bits per heavy atom. The molecule has 5 rings (SSSR count). The number of aromatic amines is 1. The van der Waals surface area contributed by atoms with Gasteiger partial charge in [-0.25, -0.2) is 5.10 Å². The lowest BCUT2D eigenvalue weighted by atomic mass is 10.0. The average Bonchev–Trinajstić information content (AvgIpc) is 3.19. The normalized spacial score (nSPS) is 11.1. The largest absolute Gasteiger partial charge is 0.350 e. The van der Waals surface area contributed by atoms with Gasteiger partial charge in [-0.15, -0.1) is 0 Å². The molecular weight excluding hydrogens is 380 g/mol. The van der Waals surface area contributed by atoms with E-state index >= 15 is 0 Å². The number of carbonyl (C=O) groups excluding carboxylic acids is 1. The second-order valence-electron chi connectivity index (χ2n) is 6.96. The number of hydrogen-bond donors (Lipinski definition) is 2. The predicted molar refractivity (Wildman–Crippen MR) is 114 cm³/mol. The van der Waals surface area contributed by atoms with Crippen LogP contribution in [0, 0.1) is 6.92 Å². The summed E-state index contributed by atoms with van der Waals surface area (Å²) in [6.45, 7) is 1.93. The summed E-state index contributed by atoms with van der Waals surface area (Å²) in [4.78, 5) is 24.7. The zero-order valence-electron chi connectivity index (χ0n) is 16.0. The number of fused-ring (bicyclic) bond motifs is 2. The lowest BCUT2D eigenvalue weighted by Gasteiger charge is -2.10. The maximum absolute atomic E-state index is 12.7. The summed E-state index contributed by atoms with van der Waals surface area (Å²) >= 11 is 0. The molecular formula is C23H16N4O3. The molecule has 0 aliphatic heterocycles. The van der Waals surface area contributed by atoms with Crippen LogP contribution in [0.2, 0.25) is 0 Å². The van der Waals surface area contributed by atoms with E-state index in [1.807, 2.05) is 49.4 Å². The van der Waals surface area contributed by atoms with E-state index in [4.69, 9.17) is 4.52 Å². The third kappa shape index (κ3) is 2.93. The fraction of sp³-hybridized carbons (Fsp3) is 0.0435. The molecule has 0 radical (unpaired) electrons. The number of amides is 1. The Morgan fingerprint density at radius 1 is 0.967 bits per heavy atom. The van der Waals surface area contributed by atoms with Crippen LogP contribution in [0.1, 0.15) is 16.1 Å². The van der Waals surface area contributed by atoms with Crippen molar-refractivity contribution in [2.45, 2.75) is 6.92 Å². The van der Waals surface area contributed by atoms with Gasteiger partial charge in [0.2, 0.25) is 5.76 Å². The SMILES string of the molecule is Cc1cc(NC(=O)c2onc3ccccc23)ccc1-c1n[nH]c(=O)c2ccccc12. The number of H-pyrrole nitrogens is 1. The van der Waals surface area contributed by atoms with Crippen LogP contribution >= 0.6 is 0 Å². The molecule has 7 heteroatoms. The Hall–Kier alpha value is -4.26. The molecule has 0 spiro atoms. The number of nitrogens with one attached hydrogen (secondary N) is 2. The zero-order valence-corrected chi connectivity index (χ0v) is 16.0. The highest BCUT2D eigenvalue weighted by molar-refractivity contribution is 6.10. The highest BCUT2D eigenvalue weighted by Crippen LogP contribution is 2.29. The molecule has 2 N–H and O–H groups in total. The van der Waals surface area contributed by atoms with Crippen LogP contribution < -0.4 is 10.9 Å². The quantitative estimate of drug-likeness (QED) is 0.474. The van der Waals surface area contributed by atoms with Gasteiger partial charge in [0.15, 0.2) is 0 Å². The van der Waals surface area contributed by atoms with E-state index in [1.165, 1.54) is 0 Å². The van der Waals surface area contributed by atoms with Gasteiger partial charge < -0.3 is 9.84 Å². The van der Waals surface area contributed by atoms with Crippen molar-refractivity contribution < 1.29 is 9.32 Å². The molecule has 0 saturated carbocycles. The van der Waals surface area contributed by atoms with Gasteiger partial charge in [-0.05, 0) is 42.8 Å². The first kappa shape index (κ1) is 17.8. The third-order valence-corrected chi connectivity index (χ3v) is 5.03. The van der Waals surface area contributed by atoms with Gasteiger partial charge in [0.25, 0.3) is 11.5 Å². The summed E-state index contributed by atoms with van der Waals surface area (Å²) in [7, 11) is 0. The lowest BCUT2D eigenvalue weighted by Crippen LogP contribution is -2.12. The molecule has 146 valence electrons. The van der Waals surface area contributed by atoms with Gasteiger partial charge in [-0.1, -0.05) is 41.6 Å². The van der Waals surface area contributed by atoms with Crippen molar-refractivity contribution in [3.63, 3.8) is 0 Å². The predicted octanol–water partition coefficient (Wildman–Crippen LogP) is 4.29. The van der Waals surface area contributed by atoms with Crippen molar-refractivity contribution in [1.29, 1.82) is 0 Å². The number of nitrogens with zero attached hydrogens (tertiary/aromatic N) is 2. The average molecular weight is 396 g/mol. The number of benzene rings is 3. The molecule has 1 amide bonds. The first-order valence-electron chi connectivity index (χ1n) is 9.36. The van der Waals surface area contributed by atoms with Crippen LogP contribution in [0.3, 0.4) is 0 Å². The molecule has 0 aliphatic rings. The minimum absolute atomic E-state index is 0.167. The molecule has 0 bridgehead atoms. The molecule has 3 aromatic carbocycles. The van der Waals surface area contributed by atoms with Gasteiger partial charge in [0.1, 0.15) is 5.52 Å². The minimum atomic E-state index is -0.372.